The van der Waals surface area contributed by atoms with E-state index in [0.717, 1.165) is 12.6 Å². The first kappa shape index (κ1) is 13.5. The summed E-state index contributed by atoms with van der Waals surface area (Å²) in [6.45, 7) is 1.16. The largest absolute Gasteiger partial charge is 0.313 e. The molecule has 3 rings (SSSR count). The molecular formula is C17H25NS. The zero-order valence-electron chi connectivity index (χ0n) is 11.7. The minimum absolute atomic E-state index is 0.704. The average molecular weight is 275 g/mol. The Kier molecular flexibility index (Phi) is 4.49. The van der Waals surface area contributed by atoms with Crippen LogP contribution in [-0.4, -0.2) is 18.3 Å². The van der Waals surface area contributed by atoms with Crippen LogP contribution in [0.15, 0.2) is 35.2 Å². The van der Waals surface area contributed by atoms with Gasteiger partial charge in [0.05, 0.1) is 0 Å². The minimum Gasteiger partial charge on any atom is -0.313 e. The highest BCUT2D eigenvalue weighted by molar-refractivity contribution is 7.99. The van der Waals surface area contributed by atoms with Gasteiger partial charge in [0.25, 0.3) is 0 Å². The lowest BCUT2D eigenvalue weighted by atomic mass is 9.57. The second kappa shape index (κ2) is 6.32. The van der Waals surface area contributed by atoms with Crippen molar-refractivity contribution in [2.75, 3.05) is 12.3 Å². The molecule has 0 aromatic heterocycles. The average Bonchev–Trinajstić information content (AvgIpc) is 2.48. The van der Waals surface area contributed by atoms with Crippen LogP contribution in [0.2, 0.25) is 0 Å². The van der Waals surface area contributed by atoms with Crippen LogP contribution < -0.4 is 5.32 Å². The van der Waals surface area contributed by atoms with Crippen LogP contribution in [0, 0.1) is 5.41 Å². The zero-order valence-corrected chi connectivity index (χ0v) is 12.6. The number of thioether (sulfide) groups is 1. The van der Waals surface area contributed by atoms with Crippen molar-refractivity contribution in [2.24, 2.45) is 5.41 Å². The van der Waals surface area contributed by atoms with Crippen molar-refractivity contribution in [3.05, 3.63) is 30.3 Å². The van der Waals surface area contributed by atoms with Gasteiger partial charge in [-0.3, -0.25) is 0 Å². The minimum atomic E-state index is 0.704. The van der Waals surface area contributed by atoms with E-state index in [1.165, 1.54) is 55.6 Å². The van der Waals surface area contributed by atoms with Crippen LogP contribution in [-0.2, 0) is 0 Å². The summed E-state index contributed by atoms with van der Waals surface area (Å²) in [7, 11) is 0. The maximum atomic E-state index is 3.83. The number of rotatable bonds is 5. The van der Waals surface area contributed by atoms with Gasteiger partial charge in [-0.05, 0) is 43.2 Å². The third-order valence-electron chi connectivity index (χ3n) is 5.02. The van der Waals surface area contributed by atoms with Crippen LogP contribution >= 0.6 is 11.8 Å². The summed E-state index contributed by atoms with van der Waals surface area (Å²) in [5, 5.41) is 3.83. The normalized spacial score (nSPS) is 25.2. The molecule has 0 heterocycles. The Morgan fingerprint density at radius 1 is 1.05 bits per heavy atom. The molecule has 1 aromatic carbocycles. The van der Waals surface area contributed by atoms with Crippen LogP contribution in [0.3, 0.4) is 0 Å². The molecule has 1 spiro atoms. The first-order valence-corrected chi connectivity index (χ1v) is 8.79. The molecule has 0 amide bonds. The number of benzene rings is 1. The predicted molar refractivity (Wildman–Crippen MR) is 83.7 cm³/mol. The van der Waals surface area contributed by atoms with Crippen molar-refractivity contribution in [1.29, 1.82) is 0 Å². The van der Waals surface area contributed by atoms with E-state index in [1.54, 1.807) is 0 Å². The zero-order chi connectivity index (χ0) is 13.0. The van der Waals surface area contributed by atoms with E-state index in [4.69, 9.17) is 0 Å². The van der Waals surface area contributed by atoms with Gasteiger partial charge in [0.1, 0.15) is 0 Å². The van der Waals surface area contributed by atoms with Gasteiger partial charge in [0.2, 0.25) is 0 Å². The van der Waals surface area contributed by atoms with Crippen molar-refractivity contribution < 1.29 is 0 Å². The van der Waals surface area contributed by atoms with Gasteiger partial charge in [0, 0.05) is 23.2 Å². The summed E-state index contributed by atoms with van der Waals surface area (Å²) in [5.41, 5.74) is 0.704. The third-order valence-corrected chi connectivity index (χ3v) is 6.04. The molecule has 2 aliphatic rings. The Morgan fingerprint density at radius 2 is 1.84 bits per heavy atom. The highest BCUT2D eigenvalue weighted by atomic mass is 32.2. The third kappa shape index (κ3) is 3.17. The van der Waals surface area contributed by atoms with E-state index in [-0.39, 0.29) is 0 Å². The number of hydrogen-bond donors (Lipinski definition) is 1. The molecule has 1 unspecified atom stereocenters. The van der Waals surface area contributed by atoms with Gasteiger partial charge in [-0.1, -0.05) is 37.5 Å². The topological polar surface area (TPSA) is 12.0 Å². The Balaban J connectivity index is 1.38. The molecule has 0 aliphatic heterocycles. The summed E-state index contributed by atoms with van der Waals surface area (Å²) >= 11 is 1.97. The lowest BCUT2D eigenvalue weighted by molar-refractivity contribution is 0.0244. The second-order valence-corrected chi connectivity index (χ2v) is 7.30. The SMILES string of the molecule is c1ccc(SCCNC2CCC23CCCCC3)cc1. The second-order valence-electron chi connectivity index (χ2n) is 6.13. The van der Waals surface area contributed by atoms with Crippen molar-refractivity contribution in [3.63, 3.8) is 0 Å². The van der Waals surface area contributed by atoms with Crippen LogP contribution in [0.25, 0.3) is 0 Å². The Hall–Kier alpha value is -0.470. The van der Waals surface area contributed by atoms with E-state index in [0.29, 0.717) is 5.41 Å². The fraction of sp³-hybridized carbons (Fsp3) is 0.647. The molecule has 104 valence electrons. The lowest BCUT2D eigenvalue weighted by Gasteiger charge is -2.52. The molecule has 1 nitrogen and oxygen atoms in total. The summed E-state index contributed by atoms with van der Waals surface area (Å²) in [6, 6.07) is 11.6. The molecule has 0 bridgehead atoms. The van der Waals surface area contributed by atoms with E-state index >= 15 is 0 Å². The summed E-state index contributed by atoms with van der Waals surface area (Å²) in [5.74, 6) is 1.19. The maximum absolute atomic E-state index is 3.83. The summed E-state index contributed by atoms with van der Waals surface area (Å²) < 4.78 is 0. The summed E-state index contributed by atoms with van der Waals surface area (Å²) in [6.07, 6.45) is 10.3. The smallest absolute Gasteiger partial charge is 0.0124 e. The van der Waals surface area contributed by atoms with Crippen LogP contribution in [0.5, 0.6) is 0 Å². The molecule has 2 heteroatoms. The molecule has 2 saturated carbocycles. The Morgan fingerprint density at radius 3 is 2.53 bits per heavy atom. The van der Waals surface area contributed by atoms with Gasteiger partial charge >= 0.3 is 0 Å². The molecule has 2 fully saturated rings. The molecule has 0 radical (unpaired) electrons. The van der Waals surface area contributed by atoms with E-state index in [1.807, 2.05) is 11.8 Å². The fourth-order valence-corrected chi connectivity index (χ4v) is 4.59. The van der Waals surface area contributed by atoms with E-state index in [2.05, 4.69) is 35.6 Å². The summed E-state index contributed by atoms with van der Waals surface area (Å²) in [4.78, 5) is 1.39. The predicted octanol–water partition coefficient (Wildman–Crippen LogP) is 4.48. The van der Waals surface area contributed by atoms with Gasteiger partial charge in [-0.2, -0.15) is 0 Å². The molecule has 1 N–H and O–H groups in total. The lowest BCUT2D eigenvalue weighted by Crippen LogP contribution is -2.54. The van der Waals surface area contributed by atoms with Crippen molar-refractivity contribution >= 4 is 11.8 Å². The standard InChI is InChI=1S/C17H25NS/c1-3-7-15(8-4-1)19-14-13-18-16-9-12-17(16)10-5-2-6-11-17/h1,3-4,7-8,16,18H,2,5-6,9-14H2. The van der Waals surface area contributed by atoms with Crippen molar-refractivity contribution in [1.82, 2.24) is 5.32 Å². The molecule has 1 atom stereocenters. The van der Waals surface area contributed by atoms with Crippen LogP contribution in [0.1, 0.15) is 44.9 Å². The van der Waals surface area contributed by atoms with Crippen LogP contribution in [0.4, 0.5) is 0 Å². The molecular weight excluding hydrogens is 250 g/mol. The first-order chi connectivity index (χ1) is 9.39. The van der Waals surface area contributed by atoms with Gasteiger partial charge in [-0.25, -0.2) is 0 Å². The number of hydrogen-bond acceptors (Lipinski definition) is 2. The van der Waals surface area contributed by atoms with Gasteiger partial charge in [0.15, 0.2) is 0 Å². The first-order valence-electron chi connectivity index (χ1n) is 7.80. The molecule has 0 saturated heterocycles. The van der Waals surface area contributed by atoms with Gasteiger partial charge in [-0.15, -0.1) is 11.8 Å². The molecule has 2 aliphatic carbocycles. The van der Waals surface area contributed by atoms with E-state index < -0.39 is 0 Å². The fourth-order valence-electron chi connectivity index (χ4n) is 3.79. The Labute approximate surface area is 121 Å². The number of nitrogens with one attached hydrogen (secondary N) is 1. The van der Waals surface area contributed by atoms with Crippen molar-refractivity contribution in [2.45, 2.75) is 55.9 Å². The highest BCUT2D eigenvalue weighted by Gasteiger charge is 2.46. The maximum Gasteiger partial charge on any atom is 0.0124 e. The molecule has 1 aromatic rings. The Bertz CT molecular complexity index is 384. The molecule has 19 heavy (non-hydrogen) atoms. The van der Waals surface area contributed by atoms with Gasteiger partial charge < -0.3 is 5.32 Å². The van der Waals surface area contributed by atoms with Crippen molar-refractivity contribution in [3.8, 4) is 0 Å². The highest BCUT2D eigenvalue weighted by Crippen LogP contribution is 2.51. The quantitative estimate of drug-likeness (QED) is 0.628. The monoisotopic (exact) mass is 275 g/mol. The van der Waals surface area contributed by atoms with E-state index in [9.17, 15) is 0 Å².